The van der Waals surface area contributed by atoms with Crippen LogP contribution in [0.1, 0.15) is 24.8 Å². The highest BCUT2D eigenvalue weighted by Crippen LogP contribution is 2.25. The van der Waals surface area contributed by atoms with Crippen LogP contribution in [0, 0.1) is 0 Å². The Kier molecular flexibility index (Phi) is 5.22. The fourth-order valence-corrected chi connectivity index (χ4v) is 3.87. The van der Waals surface area contributed by atoms with Crippen molar-refractivity contribution in [1.82, 2.24) is 9.97 Å². The topological polar surface area (TPSA) is 64.2 Å². The first kappa shape index (κ1) is 17.1. The molecule has 1 fully saturated rings. The van der Waals surface area contributed by atoms with Crippen molar-refractivity contribution in [3.05, 3.63) is 64.6 Å². The van der Waals surface area contributed by atoms with Gasteiger partial charge in [0.05, 0.1) is 12.8 Å². The zero-order valence-corrected chi connectivity index (χ0v) is 15.1. The van der Waals surface area contributed by atoms with E-state index in [9.17, 15) is 4.79 Å². The molecule has 5 nitrogen and oxygen atoms in total. The zero-order valence-electron chi connectivity index (χ0n) is 14.3. The lowest BCUT2D eigenvalue weighted by atomic mass is 10.1. The summed E-state index contributed by atoms with van der Waals surface area (Å²) in [7, 11) is 0. The van der Waals surface area contributed by atoms with Gasteiger partial charge in [-0.2, -0.15) is 0 Å². The highest BCUT2D eigenvalue weighted by atomic mass is 32.2. The van der Waals surface area contributed by atoms with Crippen LogP contribution < -0.4 is 10.3 Å². The molecule has 0 saturated carbocycles. The molecule has 0 bridgehead atoms. The fraction of sp³-hybridized carbons (Fsp3) is 0.300. The predicted molar refractivity (Wildman–Crippen MR) is 103 cm³/mol. The Morgan fingerprint density at radius 1 is 1.19 bits per heavy atom. The van der Waals surface area contributed by atoms with Crippen LogP contribution in [0.3, 0.4) is 0 Å². The molecule has 1 aromatic heterocycles. The van der Waals surface area contributed by atoms with Gasteiger partial charge in [0.1, 0.15) is 0 Å². The summed E-state index contributed by atoms with van der Waals surface area (Å²) in [5.41, 5.74) is 0.946. The first-order chi connectivity index (χ1) is 12.8. The molecule has 1 atom stereocenters. The summed E-state index contributed by atoms with van der Waals surface area (Å²) >= 11 is 1.50. The third kappa shape index (κ3) is 3.92. The van der Waals surface area contributed by atoms with Gasteiger partial charge in [0, 0.05) is 12.2 Å². The van der Waals surface area contributed by atoms with E-state index in [0.29, 0.717) is 11.8 Å². The number of fused-ring (bicyclic) bond motifs is 1. The zero-order chi connectivity index (χ0) is 17.8. The van der Waals surface area contributed by atoms with Gasteiger partial charge in [-0.3, -0.25) is 9.78 Å². The number of hydrogen-bond donors (Lipinski definition) is 1. The van der Waals surface area contributed by atoms with Gasteiger partial charge in [-0.15, -0.1) is 0 Å². The van der Waals surface area contributed by atoms with Crippen LogP contribution in [0.25, 0.3) is 10.8 Å². The Hall–Kier alpha value is -2.31. The van der Waals surface area contributed by atoms with Crippen LogP contribution in [0.2, 0.25) is 0 Å². The molecular formula is C20H20N2O3S. The molecule has 0 aliphatic carbocycles. The number of aromatic amines is 1. The van der Waals surface area contributed by atoms with E-state index >= 15 is 0 Å². The van der Waals surface area contributed by atoms with Crippen molar-refractivity contribution in [2.45, 2.75) is 36.5 Å². The molecule has 4 rings (SSSR count). The number of hydrogen-bond acceptors (Lipinski definition) is 5. The van der Waals surface area contributed by atoms with Crippen LogP contribution in [-0.2, 0) is 10.5 Å². The Morgan fingerprint density at radius 3 is 2.92 bits per heavy atom. The molecule has 6 heteroatoms. The minimum atomic E-state index is -0.346. The van der Waals surface area contributed by atoms with Crippen LogP contribution in [0.15, 0.2) is 58.6 Å². The molecule has 0 amide bonds. The summed E-state index contributed by atoms with van der Waals surface area (Å²) in [5, 5.41) is 3.02. The number of H-pyrrole nitrogens is 1. The van der Waals surface area contributed by atoms with Gasteiger partial charge in [-0.1, -0.05) is 54.2 Å². The van der Waals surface area contributed by atoms with Crippen LogP contribution in [0.5, 0.6) is 5.75 Å². The third-order valence-corrected chi connectivity index (χ3v) is 5.32. The Labute approximate surface area is 155 Å². The maximum Gasteiger partial charge on any atom is 0.294 e. The van der Waals surface area contributed by atoms with E-state index in [2.05, 4.69) is 40.3 Å². The second-order valence-electron chi connectivity index (χ2n) is 6.22. The Morgan fingerprint density at radius 2 is 2.08 bits per heavy atom. The average molecular weight is 368 g/mol. The van der Waals surface area contributed by atoms with Crippen LogP contribution >= 0.6 is 11.8 Å². The van der Waals surface area contributed by atoms with E-state index in [4.69, 9.17) is 9.47 Å². The van der Waals surface area contributed by atoms with E-state index in [1.54, 1.807) is 0 Å². The van der Waals surface area contributed by atoms with Gasteiger partial charge >= 0.3 is 0 Å². The number of nitrogens with zero attached hydrogens (tertiary/aromatic N) is 1. The summed E-state index contributed by atoms with van der Waals surface area (Å²) in [4.78, 5) is 19.4. The SMILES string of the molecule is O=c1[nH]c(SCc2cccc3ccccc23)ncc1OC1CCCCO1. The van der Waals surface area contributed by atoms with Crippen LogP contribution in [-0.4, -0.2) is 22.9 Å². The molecule has 2 heterocycles. The molecule has 1 N–H and O–H groups in total. The number of thioether (sulfide) groups is 1. The molecule has 0 spiro atoms. The van der Waals surface area contributed by atoms with Gasteiger partial charge in [-0.05, 0) is 29.2 Å². The number of benzene rings is 2. The van der Waals surface area contributed by atoms with Crippen molar-refractivity contribution in [2.75, 3.05) is 6.61 Å². The number of ether oxygens (including phenoxy) is 2. The molecule has 3 aromatic rings. The molecule has 1 aliphatic heterocycles. The van der Waals surface area contributed by atoms with Crippen molar-refractivity contribution >= 4 is 22.5 Å². The van der Waals surface area contributed by atoms with E-state index in [0.717, 1.165) is 25.0 Å². The van der Waals surface area contributed by atoms with Gasteiger partial charge in [0.2, 0.25) is 5.75 Å². The van der Waals surface area contributed by atoms with Crippen molar-refractivity contribution in [3.63, 3.8) is 0 Å². The number of aromatic nitrogens is 2. The summed E-state index contributed by atoms with van der Waals surface area (Å²) < 4.78 is 11.1. The summed E-state index contributed by atoms with van der Waals surface area (Å²) in [6, 6.07) is 14.5. The smallest absolute Gasteiger partial charge is 0.294 e. The Bertz CT molecular complexity index is 946. The molecule has 134 valence electrons. The van der Waals surface area contributed by atoms with E-state index in [1.807, 2.05) is 12.1 Å². The van der Waals surface area contributed by atoms with Crippen molar-refractivity contribution in [2.24, 2.45) is 0 Å². The Balaban J connectivity index is 1.45. The lowest BCUT2D eigenvalue weighted by molar-refractivity contribution is -0.106. The minimum Gasteiger partial charge on any atom is -0.458 e. The average Bonchev–Trinajstić information content (AvgIpc) is 2.69. The van der Waals surface area contributed by atoms with E-state index < -0.39 is 0 Å². The quantitative estimate of drug-likeness (QED) is 0.542. The maximum atomic E-state index is 12.2. The summed E-state index contributed by atoms with van der Waals surface area (Å²) in [6.07, 6.45) is 4.03. The fourth-order valence-electron chi connectivity index (χ4n) is 3.03. The molecule has 26 heavy (non-hydrogen) atoms. The predicted octanol–water partition coefficient (Wildman–Crippen LogP) is 4.12. The molecule has 1 unspecified atom stereocenters. The molecule has 1 saturated heterocycles. The molecule has 0 radical (unpaired) electrons. The normalized spacial score (nSPS) is 17.3. The number of nitrogens with one attached hydrogen (secondary N) is 1. The minimum absolute atomic E-state index is 0.214. The van der Waals surface area contributed by atoms with Gasteiger partial charge in [0.25, 0.3) is 5.56 Å². The van der Waals surface area contributed by atoms with Crippen molar-refractivity contribution in [3.8, 4) is 5.75 Å². The largest absolute Gasteiger partial charge is 0.458 e. The lowest BCUT2D eigenvalue weighted by Gasteiger charge is -2.22. The first-order valence-corrected chi connectivity index (χ1v) is 9.75. The molecular weight excluding hydrogens is 348 g/mol. The number of rotatable bonds is 5. The monoisotopic (exact) mass is 368 g/mol. The van der Waals surface area contributed by atoms with Crippen molar-refractivity contribution < 1.29 is 9.47 Å². The second-order valence-corrected chi connectivity index (χ2v) is 7.19. The van der Waals surface area contributed by atoms with Gasteiger partial charge in [0.15, 0.2) is 11.4 Å². The van der Waals surface area contributed by atoms with E-state index in [1.165, 1.54) is 34.3 Å². The molecule has 2 aromatic carbocycles. The second kappa shape index (κ2) is 7.93. The third-order valence-electron chi connectivity index (χ3n) is 4.38. The first-order valence-electron chi connectivity index (χ1n) is 8.76. The molecule has 1 aliphatic rings. The van der Waals surface area contributed by atoms with Gasteiger partial charge in [-0.25, -0.2) is 4.98 Å². The lowest BCUT2D eigenvalue weighted by Crippen LogP contribution is -2.27. The van der Waals surface area contributed by atoms with Gasteiger partial charge < -0.3 is 9.47 Å². The van der Waals surface area contributed by atoms with E-state index in [-0.39, 0.29) is 17.6 Å². The van der Waals surface area contributed by atoms with Crippen molar-refractivity contribution in [1.29, 1.82) is 0 Å². The maximum absolute atomic E-state index is 12.2. The standard InChI is InChI=1S/C20H20N2O3S/c23-19-17(25-18-10-3-4-11-24-18)12-21-20(22-19)26-13-15-8-5-7-14-6-1-2-9-16(14)15/h1-2,5-9,12,18H,3-4,10-11,13H2,(H,21,22,23). The highest BCUT2D eigenvalue weighted by molar-refractivity contribution is 7.98. The highest BCUT2D eigenvalue weighted by Gasteiger charge is 2.17. The summed E-state index contributed by atoms with van der Waals surface area (Å²) in [6.45, 7) is 0.676. The summed E-state index contributed by atoms with van der Waals surface area (Å²) in [5.74, 6) is 0.947. The van der Waals surface area contributed by atoms with Crippen LogP contribution in [0.4, 0.5) is 0 Å².